The number of aliphatic imine (C=N–C) groups is 1. The lowest BCUT2D eigenvalue weighted by molar-refractivity contribution is -0.131. The Labute approximate surface area is 194 Å². The molecule has 4 rings (SSSR count). The Balaban J connectivity index is 1.54. The maximum atomic E-state index is 13.2. The molecule has 1 heterocycles. The number of carbonyl (C=O) groups is 3. The number of rotatable bonds is 6. The number of nitrogens with zero attached hydrogens (tertiary/aromatic N) is 2. The molecule has 1 aliphatic heterocycles. The summed E-state index contributed by atoms with van der Waals surface area (Å²) in [5.41, 5.74) is 3.02. The van der Waals surface area contributed by atoms with Gasteiger partial charge >= 0.3 is 0 Å². The number of carbonyl (C=O) groups excluding carboxylic acids is 3. The van der Waals surface area contributed by atoms with Crippen LogP contribution in [0.5, 0.6) is 0 Å². The van der Waals surface area contributed by atoms with Crippen molar-refractivity contribution in [3.05, 3.63) is 65.7 Å². The second-order valence-electron chi connectivity index (χ2n) is 8.81. The molecule has 3 amide bonds. The van der Waals surface area contributed by atoms with E-state index in [1.807, 2.05) is 54.6 Å². The van der Waals surface area contributed by atoms with Crippen molar-refractivity contribution >= 4 is 29.1 Å². The minimum absolute atomic E-state index is 0.130. The molecule has 2 unspecified atom stereocenters. The van der Waals surface area contributed by atoms with Crippen molar-refractivity contribution in [1.29, 1.82) is 0 Å². The molecule has 0 spiro atoms. The summed E-state index contributed by atoms with van der Waals surface area (Å²) >= 11 is 0. The quantitative estimate of drug-likeness (QED) is 0.715. The summed E-state index contributed by atoms with van der Waals surface area (Å²) < 4.78 is 0. The van der Waals surface area contributed by atoms with Crippen LogP contribution in [0.1, 0.15) is 50.2 Å². The van der Waals surface area contributed by atoms with E-state index in [1.54, 1.807) is 14.0 Å². The first kappa shape index (κ1) is 22.7. The zero-order valence-electron chi connectivity index (χ0n) is 19.1. The van der Waals surface area contributed by atoms with E-state index in [9.17, 15) is 14.4 Å². The largest absolute Gasteiger partial charge is 0.345 e. The van der Waals surface area contributed by atoms with Gasteiger partial charge in [-0.25, -0.2) is 4.99 Å². The van der Waals surface area contributed by atoms with E-state index in [1.165, 1.54) is 4.90 Å². The summed E-state index contributed by atoms with van der Waals surface area (Å²) in [5, 5.41) is 5.51. The van der Waals surface area contributed by atoms with Gasteiger partial charge in [-0.15, -0.1) is 0 Å². The summed E-state index contributed by atoms with van der Waals surface area (Å²) in [4.78, 5) is 44.7. The zero-order valence-corrected chi connectivity index (χ0v) is 19.1. The van der Waals surface area contributed by atoms with Crippen LogP contribution in [0.15, 0.2) is 59.6 Å². The lowest BCUT2D eigenvalue weighted by Gasteiger charge is -2.22. The summed E-state index contributed by atoms with van der Waals surface area (Å²) in [6, 6.07) is 16.4. The Morgan fingerprint density at radius 2 is 1.73 bits per heavy atom. The van der Waals surface area contributed by atoms with Crippen LogP contribution in [-0.4, -0.2) is 42.7 Å². The van der Waals surface area contributed by atoms with Gasteiger partial charge in [0, 0.05) is 24.6 Å². The molecule has 2 N–H and O–H groups in total. The third kappa shape index (κ3) is 5.13. The molecule has 2 aliphatic rings. The number of likely N-dealkylation sites (N-methyl/N-ethyl adjacent to an activating group) is 1. The van der Waals surface area contributed by atoms with E-state index >= 15 is 0 Å². The number of hydrogen-bond donors (Lipinski definition) is 2. The highest BCUT2D eigenvalue weighted by atomic mass is 16.2. The average molecular weight is 447 g/mol. The van der Waals surface area contributed by atoms with E-state index in [0.29, 0.717) is 18.1 Å². The van der Waals surface area contributed by atoms with Crippen LogP contribution in [0.4, 0.5) is 5.69 Å². The number of fused-ring (bicyclic) bond motifs is 1. The van der Waals surface area contributed by atoms with Gasteiger partial charge in [0.1, 0.15) is 6.04 Å². The Morgan fingerprint density at radius 3 is 2.45 bits per heavy atom. The van der Waals surface area contributed by atoms with E-state index in [4.69, 9.17) is 0 Å². The number of anilines is 1. The number of benzene rings is 2. The topological polar surface area (TPSA) is 90.9 Å². The van der Waals surface area contributed by atoms with Gasteiger partial charge in [0.25, 0.3) is 5.91 Å². The van der Waals surface area contributed by atoms with Gasteiger partial charge in [0.15, 0.2) is 0 Å². The summed E-state index contributed by atoms with van der Waals surface area (Å²) in [6.45, 7) is 1.63. The molecule has 2 atom stereocenters. The second kappa shape index (κ2) is 9.98. The fraction of sp³-hybridized carbons (Fsp3) is 0.385. The van der Waals surface area contributed by atoms with Crippen LogP contribution in [-0.2, 0) is 14.4 Å². The summed E-state index contributed by atoms with van der Waals surface area (Å²) in [5.74, 6) is -0.515. The first-order valence-electron chi connectivity index (χ1n) is 11.5. The predicted molar refractivity (Wildman–Crippen MR) is 128 cm³/mol. The third-order valence-electron chi connectivity index (χ3n) is 6.39. The lowest BCUT2D eigenvalue weighted by Crippen LogP contribution is -2.52. The van der Waals surface area contributed by atoms with Gasteiger partial charge in [0.05, 0.1) is 11.4 Å². The van der Waals surface area contributed by atoms with Gasteiger partial charge in [-0.2, -0.15) is 0 Å². The molecular weight excluding hydrogens is 416 g/mol. The molecule has 0 aromatic heterocycles. The second-order valence-corrected chi connectivity index (χ2v) is 8.81. The van der Waals surface area contributed by atoms with Crippen LogP contribution in [0.2, 0.25) is 0 Å². The minimum atomic E-state index is -1.10. The van der Waals surface area contributed by atoms with Gasteiger partial charge in [0.2, 0.25) is 18.0 Å². The highest BCUT2D eigenvalue weighted by Gasteiger charge is 2.32. The van der Waals surface area contributed by atoms with E-state index in [0.717, 1.165) is 42.5 Å². The first-order valence-corrected chi connectivity index (χ1v) is 11.5. The lowest BCUT2D eigenvalue weighted by atomic mass is 10.0. The van der Waals surface area contributed by atoms with Crippen LogP contribution >= 0.6 is 0 Å². The highest BCUT2D eigenvalue weighted by Crippen LogP contribution is 2.28. The molecule has 1 fully saturated rings. The molecule has 0 radical (unpaired) electrons. The highest BCUT2D eigenvalue weighted by molar-refractivity contribution is 6.20. The van der Waals surface area contributed by atoms with E-state index < -0.39 is 18.1 Å². The average Bonchev–Trinajstić information content (AvgIpc) is 3.30. The van der Waals surface area contributed by atoms with Gasteiger partial charge < -0.3 is 15.5 Å². The molecule has 33 heavy (non-hydrogen) atoms. The molecule has 1 aliphatic carbocycles. The number of benzodiazepines with no additional fused rings is 1. The number of nitrogens with one attached hydrogen (secondary N) is 2. The van der Waals surface area contributed by atoms with Crippen LogP contribution in [0, 0.1) is 5.92 Å². The molecule has 172 valence electrons. The first-order chi connectivity index (χ1) is 15.9. The summed E-state index contributed by atoms with van der Waals surface area (Å²) in [6.07, 6.45) is 3.79. The number of hydrogen-bond acceptors (Lipinski definition) is 4. The zero-order chi connectivity index (χ0) is 23.4. The van der Waals surface area contributed by atoms with E-state index in [-0.39, 0.29) is 11.8 Å². The van der Waals surface area contributed by atoms with Crippen molar-refractivity contribution in [3.8, 4) is 0 Å². The predicted octanol–water partition coefficient (Wildman–Crippen LogP) is 3.03. The Morgan fingerprint density at radius 1 is 1.06 bits per heavy atom. The maximum Gasteiger partial charge on any atom is 0.272 e. The van der Waals surface area contributed by atoms with Crippen molar-refractivity contribution in [2.24, 2.45) is 10.9 Å². The molecule has 2 aromatic rings. The van der Waals surface area contributed by atoms with Gasteiger partial charge in [-0.3, -0.25) is 14.4 Å². The standard InChI is InChI=1S/C26H30N4O3/c1-17(27-22(31)16-18-10-6-7-11-18)25(32)29-24-26(33)30(2)21-15-9-8-14-20(21)23(28-24)19-12-4-3-5-13-19/h3-5,8-9,12-15,17-18,24H,6-7,10-11,16H2,1-2H3,(H,27,31)(H,29,32). The smallest absolute Gasteiger partial charge is 0.272 e. The molecule has 2 aromatic carbocycles. The van der Waals surface area contributed by atoms with Crippen LogP contribution in [0.3, 0.4) is 0 Å². The van der Waals surface area contributed by atoms with Gasteiger partial charge in [-0.05, 0) is 31.7 Å². The van der Waals surface area contributed by atoms with Crippen LogP contribution < -0.4 is 15.5 Å². The SMILES string of the molecule is CC(NC(=O)CC1CCCC1)C(=O)NC1N=C(c2ccccc2)c2ccccc2N(C)C1=O. The molecule has 7 nitrogen and oxygen atoms in total. The Bertz CT molecular complexity index is 1060. The van der Waals surface area contributed by atoms with Crippen molar-refractivity contribution in [3.63, 3.8) is 0 Å². The summed E-state index contributed by atoms with van der Waals surface area (Å²) in [7, 11) is 1.68. The van der Waals surface area contributed by atoms with E-state index in [2.05, 4.69) is 15.6 Å². The Kier molecular flexibility index (Phi) is 6.87. The third-order valence-corrected chi connectivity index (χ3v) is 6.39. The fourth-order valence-electron chi connectivity index (χ4n) is 4.54. The normalized spacial score (nSPS) is 19.3. The van der Waals surface area contributed by atoms with Crippen LogP contribution in [0.25, 0.3) is 0 Å². The number of amides is 3. The van der Waals surface area contributed by atoms with Crippen molar-refractivity contribution in [2.75, 3.05) is 11.9 Å². The number of para-hydroxylation sites is 1. The minimum Gasteiger partial charge on any atom is -0.345 e. The molecule has 0 bridgehead atoms. The molecular formula is C26H30N4O3. The van der Waals surface area contributed by atoms with Crippen molar-refractivity contribution in [2.45, 2.75) is 51.2 Å². The molecule has 0 saturated heterocycles. The molecule has 7 heteroatoms. The monoisotopic (exact) mass is 446 g/mol. The van der Waals surface area contributed by atoms with Crippen molar-refractivity contribution in [1.82, 2.24) is 10.6 Å². The van der Waals surface area contributed by atoms with Gasteiger partial charge in [-0.1, -0.05) is 61.4 Å². The Hall–Kier alpha value is -3.48. The fourth-order valence-corrected chi connectivity index (χ4v) is 4.54. The molecule has 1 saturated carbocycles. The maximum absolute atomic E-state index is 13.2. The van der Waals surface area contributed by atoms with Crippen molar-refractivity contribution < 1.29 is 14.4 Å².